The first-order valence-corrected chi connectivity index (χ1v) is 5.56. The van der Waals surface area contributed by atoms with Crippen LogP contribution in [0, 0.1) is 5.41 Å². The zero-order valence-corrected chi connectivity index (χ0v) is 9.68. The van der Waals surface area contributed by atoms with Gasteiger partial charge in [-0.3, -0.25) is 10.4 Å². The average Bonchev–Trinajstić information content (AvgIpc) is 2.35. The van der Waals surface area contributed by atoms with E-state index in [4.69, 9.17) is 15.9 Å². The van der Waals surface area contributed by atoms with Crippen LogP contribution in [0.5, 0.6) is 5.75 Å². The number of hydrogen-bond donors (Lipinski definition) is 2. The van der Waals surface area contributed by atoms with Crippen molar-refractivity contribution in [2.24, 2.45) is 5.73 Å². The largest absolute Gasteiger partial charge is 0.480 e. The van der Waals surface area contributed by atoms with Crippen LogP contribution in [0.25, 0.3) is 10.9 Å². The number of ether oxygens (including phenoxy) is 1. The molecule has 4 heteroatoms. The molecule has 0 aliphatic rings. The van der Waals surface area contributed by atoms with E-state index >= 15 is 0 Å². The van der Waals surface area contributed by atoms with E-state index in [1.54, 1.807) is 6.20 Å². The number of benzene rings is 1. The Hall–Kier alpha value is -2.10. The van der Waals surface area contributed by atoms with Crippen LogP contribution in [-0.4, -0.2) is 16.9 Å². The van der Waals surface area contributed by atoms with E-state index in [0.717, 1.165) is 10.9 Å². The molecule has 4 nitrogen and oxygen atoms in total. The number of hydrogen-bond acceptors (Lipinski definition) is 3. The first kappa shape index (κ1) is 11.4. The summed E-state index contributed by atoms with van der Waals surface area (Å²) in [4.78, 5) is 4.29. The first-order chi connectivity index (χ1) is 8.22. The molecule has 1 heterocycles. The van der Waals surface area contributed by atoms with Crippen molar-refractivity contribution in [3.63, 3.8) is 0 Å². The van der Waals surface area contributed by atoms with E-state index in [-0.39, 0.29) is 11.9 Å². The summed E-state index contributed by atoms with van der Waals surface area (Å²) in [7, 11) is 0. The Balaban J connectivity index is 2.38. The third-order valence-corrected chi connectivity index (χ3v) is 2.58. The van der Waals surface area contributed by atoms with Gasteiger partial charge in [0.25, 0.3) is 0 Å². The first-order valence-electron chi connectivity index (χ1n) is 5.56. The summed E-state index contributed by atoms with van der Waals surface area (Å²) >= 11 is 0. The van der Waals surface area contributed by atoms with Crippen molar-refractivity contribution in [1.82, 2.24) is 4.98 Å². The maximum absolute atomic E-state index is 7.44. The van der Waals surface area contributed by atoms with Crippen LogP contribution in [0.4, 0.5) is 0 Å². The van der Waals surface area contributed by atoms with E-state index in [2.05, 4.69) is 4.98 Å². The minimum atomic E-state index is -0.386. The molecule has 3 N–H and O–H groups in total. The van der Waals surface area contributed by atoms with E-state index < -0.39 is 0 Å². The fraction of sp³-hybridized carbons (Fsp3) is 0.231. The summed E-state index contributed by atoms with van der Waals surface area (Å²) in [5.41, 5.74) is 6.28. The molecule has 17 heavy (non-hydrogen) atoms. The van der Waals surface area contributed by atoms with Crippen molar-refractivity contribution < 1.29 is 4.74 Å². The van der Waals surface area contributed by atoms with Crippen molar-refractivity contribution >= 4 is 16.7 Å². The van der Waals surface area contributed by atoms with Gasteiger partial charge in [0, 0.05) is 11.6 Å². The minimum Gasteiger partial charge on any atom is -0.480 e. The van der Waals surface area contributed by atoms with Crippen molar-refractivity contribution in [3.05, 3.63) is 36.5 Å². The second-order valence-electron chi connectivity index (χ2n) is 3.80. The van der Waals surface area contributed by atoms with Crippen LogP contribution in [0.1, 0.15) is 13.3 Å². The Bertz CT molecular complexity index is 534. The molecule has 0 fully saturated rings. The lowest BCUT2D eigenvalue weighted by atomic mass is 10.2. The van der Waals surface area contributed by atoms with E-state index in [0.29, 0.717) is 12.2 Å². The second kappa shape index (κ2) is 4.82. The molecule has 2 rings (SSSR count). The van der Waals surface area contributed by atoms with E-state index in [1.807, 2.05) is 37.3 Å². The Morgan fingerprint density at radius 3 is 2.88 bits per heavy atom. The number of amidine groups is 1. The number of rotatable bonds is 4. The lowest BCUT2D eigenvalue weighted by Gasteiger charge is -2.16. The number of fused-ring (bicyclic) bond motifs is 1. The summed E-state index contributed by atoms with van der Waals surface area (Å²) < 4.78 is 5.73. The third kappa shape index (κ3) is 2.36. The molecular formula is C13H15N3O. The number of nitrogens with zero attached hydrogens (tertiary/aromatic N) is 1. The van der Waals surface area contributed by atoms with Gasteiger partial charge in [-0.25, -0.2) is 0 Å². The normalized spacial score (nSPS) is 12.3. The smallest absolute Gasteiger partial charge is 0.155 e. The Labute approximate surface area is 99.9 Å². The molecule has 1 unspecified atom stereocenters. The molecule has 0 spiro atoms. The quantitative estimate of drug-likeness (QED) is 0.624. The topological polar surface area (TPSA) is 72.0 Å². The SMILES string of the molecule is CCC(Oc1cccc2cccnc12)C(=N)N. The highest BCUT2D eigenvalue weighted by atomic mass is 16.5. The number of nitrogens with one attached hydrogen (secondary N) is 1. The summed E-state index contributed by atoms with van der Waals surface area (Å²) in [6.45, 7) is 1.94. The Morgan fingerprint density at radius 1 is 1.41 bits per heavy atom. The molecule has 0 aliphatic carbocycles. The summed E-state index contributed by atoms with van der Waals surface area (Å²) in [6.07, 6.45) is 2.00. The maximum atomic E-state index is 7.44. The lowest BCUT2D eigenvalue weighted by Crippen LogP contribution is -2.32. The molecule has 0 radical (unpaired) electrons. The van der Waals surface area contributed by atoms with Gasteiger partial charge in [-0.1, -0.05) is 25.1 Å². The maximum Gasteiger partial charge on any atom is 0.155 e. The minimum absolute atomic E-state index is 0.0421. The molecule has 2 aromatic rings. The van der Waals surface area contributed by atoms with Gasteiger partial charge in [0.2, 0.25) is 0 Å². The van der Waals surface area contributed by atoms with Gasteiger partial charge in [-0.15, -0.1) is 0 Å². The van der Waals surface area contributed by atoms with Gasteiger partial charge in [0.1, 0.15) is 17.1 Å². The van der Waals surface area contributed by atoms with Crippen LogP contribution in [0.15, 0.2) is 36.5 Å². The fourth-order valence-corrected chi connectivity index (χ4v) is 1.69. The molecule has 88 valence electrons. The Kier molecular flexibility index (Phi) is 3.23. The second-order valence-corrected chi connectivity index (χ2v) is 3.80. The summed E-state index contributed by atoms with van der Waals surface area (Å²) in [5.74, 6) is 0.714. The van der Waals surface area contributed by atoms with Crippen LogP contribution >= 0.6 is 0 Å². The van der Waals surface area contributed by atoms with E-state index in [9.17, 15) is 0 Å². The zero-order valence-electron chi connectivity index (χ0n) is 9.68. The van der Waals surface area contributed by atoms with Gasteiger partial charge < -0.3 is 10.5 Å². The Morgan fingerprint density at radius 2 is 2.18 bits per heavy atom. The lowest BCUT2D eigenvalue weighted by molar-refractivity contribution is 0.263. The predicted molar refractivity (Wildman–Crippen MR) is 68.4 cm³/mol. The predicted octanol–water partition coefficient (Wildman–Crippen LogP) is 2.33. The molecular weight excluding hydrogens is 214 g/mol. The highest BCUT2D eigenvalue weighted by Crippen LogP contribution is 2.24. The highest BCUT2D eigenvalue weighted by molar-refractivity contribution is 5.86. The highest BCUT2D eigenvalue weighted by Gasteiger charge is 2.13. The molecule has 0 saturated heterocycles. The monoisotopic (exact) mass is 229 g/mol. The van der Waals surface area contributed by atoms with Crippen LogP contribution in [0.2, 0.25) is 0 Å². The molecule has 1 aromatic heterocycles. The van der Waals surface area contributed by atoms with Crippen LogP contribution in [0.3, 0.4) is 0 Å². The zero-order chi connectivity index (χ0) is 12.3. The number of aromatic nitrogens is 1. The molecule has 1 aromatic carbocycles. The van der Waals surface area contributed by atoms with Gasteiger partial charge in [-0.2, -0.15) is 0 Å². The van der Waals surface area contributed by atoms with Crippen molar-refractivity contribution in [2.75, 3.05) is 0 Å². The molecule has 0 aliphatic heterocycles. The van der Waals surface area contributed by atoms with Crippen molar-refractivity contribution in [2.45, 2.75) is 19.4 Å². The molecule has 0 saturated carbocycles. The number of para-hydroxylation sites is 1. The summed E-state index contributed by atoms with van der Waals surface area (Å²) in [6, 6.07) is 9.59. The summed E-state index contributed by atoms with van der Waals surface area (Å²) in [5, 5.41) is 8.46. The van der Waals surface area contributed by atoms with E-state index in [1.165, 1.54) is 0 Å². The van der Waals surface area contributed by atoms with Gasteiger partial charge in [0.05, 0.1) is 0 Å². The van der Waals surface area contributed by atoms with Crippen LogP contribution < -0.4 is 10.5 Å². The van der Waals surface area contributed by atoms with Crippen molar-refractivity contribution in [3.8, 4) is 5.75 Å². The van der Waals surface area contributed by atoms with Gasteiger partial charge in [0.15, 0.2) is 6.10 Å². The molecule has 0 amide bonds. The fourth-order valence-electron chi connectivity index (χ4n) is 1.69. The number of pyridine rings is 1. The molecule has 1 atom stereocenters. The van der Waals surface area contributed by atoms with Crippen molar-refractivity contribution in [1.29, 1.82) is 5.41 Å². The van der Waals surface area contributed by atoms with Gasteiger partial charge in [-0.05, 0) is 18.6 Å². The third-order valence-electron chi connectivity index (χ3n) is 2.58. The molecule has 0 bridgehead atoms. The van der Waals surface area contributed by atoms with Gasteiger partial charge >= 0.3 is 0 Å². The number of nitrogens with two attached hydrogens (primary N) is 1. The standard InChI is InChI=1S/C13H15N3O/c1-2-10(13(14)15)17-11-7-3-5-9-6-4-8-16-12(9)11/h3-8,10H,2H2,1H3,(H3,14,15). The van der Waals surface area contributed by atoms with Crippen LogP contribution in [-0.2, 0) is 0 Å². The average molecular weight is 229 g/mol.